The summed E-state index contributed by atoms with van der Waals surface area (Å²) in [6.45, 7) is 0.735. The van der Waals surface area contributed by atoms with Gasteiger partial charge >= 0.3 is 0 Å². The third-order valence-electron chi connectivity index (χ3n) is 1.18. The van der Waals surface area contributed by atoms with Crippen LogP contribution in [0.3, 0.4) is 0 Å². The standard InChI is InChI=1S/C6H15N3O/c1-10-4-2-3-6(5-7)9-8/h5,9H,2-4,7-8H2,1H3/b6-5-. The maximum absolute atomic E-state index is 5.22. The van der Waals surface area contributed by atoms with Crippen molar-refractivity contribution in [2.45, 2.75) is 12.8 Å². The molecular weight excluding hydrogens is 130 g/mol. The lowest BCUT2D eigenvalue weighted by atomic mass is 10.2. The van der Waals surface area contributed by atoms with Crippen molar-refractivity contribution in [1.82, 2.24) is 5.43 Å². The molecule has 0 aromatic carbocycles. The molecule has 5 N–H and O–H groups in total. The monoisotopic (exact) mass is 145 g/mol. The van der Waals surface area contributed by atoms with Crippen molar-refractivity contribution in [3.8, 4) is 0 Å². The molecule has 0 aliphatic rings. The third-order valence-corrected chi connectivity index (χ3v) is 1.18. The molecule has 0 saturated carbocycles. The molecule has 0 atom stereocenters. The number of hydrogen-bond donors (Lipinski definition) is 3. The molecule has 0 saturated heterocycles. The van der Waals surface area contributed by atoms with Crippen LogP contribution in [0.25, 0.3) is 0 Å². The Labute approximate surface area is 61.2 Å². The highest BCUT2D eigenvalue weighted by molar-refractivity contribution is 4.94. The lowest BCUT2D eigenvalue weighted by Gasteiger charge is -2.03. The molecule has 0 heterocycles. The Morgan fingerprint density at radius 1 is 1.70 bits per heavy atom. The van der Waals surface area contributed by atoms with Gasteiger partial charge in [-0.3, -0.25) is 5.84 Å². The van der Waals surface area contributed by atoms with Gasteiger partial charge in [-0.05, 0) is 12.8 Å². The number of methoxy groups -OCH3 is 1. The van der Waals surface area contributed by atoms with Crippen LogP contribution < -0.4 is 17.0 Å². The molecule has 60 valence electrons. The average Bonchev–Trinajstić information content (AvgIpc) is 1.99. The SMILES string of the molecule is COCCC/C(=C/N)NN. The number of hydrogen-bond acceptors (Lipinski definition) is 4. The van der Waals surface area contributed by atoms with Gasteiger partial charge in [0.05, 0.1) is 0 Å². The van der Waals surface area contributed by atoms with E-state index in [9.17, 15) is 0 Å². The fourth-order valence-corrected chi connectivity index (χ4v) is 0.611. The zero-order valence-electron chi connectivity index (χ0n) is 6.26. The summed E-state index contributed by atoms with van der Waals surface area (Å²) in [4.78, 5) is 0. The summed E-state index contributed by atoms with van der Waals surface area (Å²) in [7, 11) is 1.67. The Morgan fingerprint density at radius 3 is 2.80 bits per heavy atom. The van der Waals surface area contributed by atoms with Gasteiger partial charge in [-0.1, -0.05) is 0 Å². The minimum Gasteiger partial charge on any atom is -0.403 e. The van der Waals surface area contributed by atoms with Gasteiger partial charge in [-0.15, -0.1) is 0 Å². The van der Waals surface area contributed by atoms with Gasteiger partial charge in [0, 0.05) is 25.6 Å². The van der Waals surface area contributed by atoms with Gasteiger partial charge in [-0.2, -0.15) is 0 Å². The van der Waals surface area contributed by atoms with Gasteiger partial charge in [0.2, 0.25) is 0 Å². The predicted molar refractivity (Wildman–Crippen MR) is 40.7 cm³/mol. The van der Waals surface area contributed by atoms with Crippen LogP contribution in [0.4, 0.5) is 0 Å². The summed E-state index contributed by atoms with van der Waals surface area (Å²) in [5.74, 6) is 5.13. The summed E-state index contributed by atoms with van der Waals surface area (Å²) in [5.41, 5.74) is 8.56. The van der Waals surface area contributed by atoms with Crippen LogP contribution >= 0.6 is 0 Å². The molecule has 0 spiro atoms. The second-order valence-corrected chi connectivity index (χ2v) is 1.93. The fourth-order valence-electron chi connectivity index (χ4n) is 0.611. The van der Waals surface area contributed by atoms with Crippen LogP contribution in [0.2, 0.25) is 0 Å². The molecule has 4 heteroatoms. The van der Waals surface area contributed by atoms with Crippen molar-refractivity contribution >= 4 is 0 Å². The van der Waals surface area contributed by atoms with Crippen molar-refractivity contribution in [1.29, 1.82) is 0 Å². The molecule has 0 rings (SSSR count). The summed E-state index contributed by atoms with van der Waals surface area (Å²) in [6, 6.07) is 0. The van der Waals surface area contributed by atoms with Crippen LogP contribution in [0.1, 0.15) is 12.8 Å². The van der Waals surface area contributed by atoms with Crippen molar-refractivity contribution in [3.05, 3.63) is 11.9 Å². The molecule has 0 aromatic heterocycles. The van der Waals surface area contributed by atoms with Crippen LogP contribution in [-0.4, -0.2) is 13.7 Å². The van der Waals surface area contributed by atoms with Crippen LogP contribution in [0.15, 0.2) is 11.9 Å². The van der Waals surface area contributed by atoms with E-state index in [4.69, 9.17) is 16.3 Å². The molecule has 0 aromatic rings. The highest BCUT2D eigenvalue weighted by atomic mass is 16.5. The van der Waals surface area contributed by atoms with Gasteiger partial charge in [-0.25, -0.2) is 0 Å². The van der Waals surface area contributed by atoms with Gasteiger partial charge in [0.25, 0.3) is 0 Å². The topological polar surface area (TPSA) is 73.3 Å². The second kappa shape index (κ2) is 6.38. The fraction of sp³-hybridized carbons (Fsp3) is 0.667. The lowest BCUT2D eigenvalue weighted by Crippen LogP contribution is -2.22. The van der Waals surface area contributed by atoms with E-state index >= 15 is 0 Å². The minimum absolute atomic E-state index is 0.735. The molecule has 10 heavy (non-hydrogen) atoms. The maximum Gasteiger partial charge on any atom is 0.0466 e. The molecule has 0 fully saturated rings. The first kappa shape index (κ1) is 9.26. The molecule has 0 aliphatic heterocycles. The van der Waals surface area contributed by atoms with E-state index in [0.717, 1.165) is 25.1 Å². The number of ether oxygens (including phenoxy) is 1. The summed E-state index contributed by atoms with van der Waals surface area (Å²) in [5, 5.41) is 0. The zero-order valence-corrected chi connectivity index (χ0v) is 6.26. The predicted octanol–water partition coefficient (Wildman–Crippen LogP) is -0.324. The van der Waals surface area contributed by atoms with E-state index in [2.05, 4.69) is 5.43 Å². The third kappa shape index (κ3) is 4.17. The van der Waals surface area contributed by atoms with E-state index in [-0.39, 0.29) is 0 Å². The van der Waals surface area contributed by atoms with E-state index in [0.29, 0.717) is 0 Å². The Balaban J connectivity index is 3.27. The van der Waals surface area contributed by atoms with Crippen LogP contribution in [0.5, 0.6) is 0 Å². The largest absolute Gasteiger partial charge is 0.403 e. The Morgan fingerprint density at radius 2 is 2.40 bits per heavy atom. The molecular formula is C6H15N3O. The van der Waals surface area contributed by atoms with Crippen molar-refractivity contribution in [3.63, 3.8) is 0 Å². The summed E-state index contributed by atoms with van der Waals surface area (Å²) >= 11 is 0. The lowest BCUT2D eigenvalue weighted by molar-refractivity contribution is 0.194. The molecule has 0 radical (unpaired) electrons. The Hall–Kier alpha value is -0.740. The van der Waals surface area contributed by atoms with Gasteiger partial charge in [0.15, 0.2) is 0 Å². The molecule has 0 unspecified atom stereocenters. The number of allylic oxidation sites excluding steroid dienone is 1. The van der Waals surface area contributed by atoms with E-state index in [1.807, 2.05) is 0 Å². The van der Waals surface area contributed by atoms with Gasteiger partial charge in [0.1, 0.15) is 0 Å². The Bertz CT molecular complexity index is 103. The first-order valence-electron chi connectivity index (χ1n) is 3.21. The zero-order chi connectivity index (χ0) is 7.82. The molecule has 0 bridgehead atoms. The normalized spacial score (nSPS) is 11.6. The van der Waals surface area contributed by atoms with E-state index in [1.165, 1.54) is 6.20 Å². The summed E-state index contributed by atoms with van der Waals surface area (Å²) < 4.78 is 4.84. The van der Waals surface area contributed by atoms with Crippen molar-refractivity contribution in [2.75, 3.05) is 13.7 Å². The molecule has 0 aliphatic carbocycles. The van der Waals surface area contributed by atoms with E-state index in [1.54, 1.807) is 7.11 Å². The number of rotatable bonds is 5. The Kier molecular flexibility index (Phi) is 5.91. The maximum atomic E-state index is 5.22. The average molecular weight is 145 g/mol. The van der Waals surface area contributed by atoms with Gasteiger partial charge < -0.3 is 15.9 Å². The number of hydrazine groups is 1. The van der Waals surface area contributed by atoms with Crippen molar-refractivity contribution in [2.24, 2.45) is 11.6 Å². The highest BCUT2D eigenvalue weighted by Crippen LogP contribution is 1.97. The van der Waals surface area contributed by atoms with Crippen molar-refractivity contribution < 1.29 is 4.74 Å². The smallest absolute Gasteiger partial charge is 0.0466 e. The summed E-state index contributed by atoms with van der Waals surface area (Å²) in [6.07, 6.45) is 3.24. The quantitative estimate of drug-likeness (QED) is 0.281. The highest BCUT2D eigenvalue weighted by Gasteiger charge is 1.91. The first-order chi connectivity index (χ1) is 4.85. The van der Waals surface area contributed by atoms with Crippen LogP contribution in [0, 0.1) is 0 Å². The molecule has 0 amide bonds. The second-order valence-electron chi connectivity index (χ2n) is 1.93. The number of nitrogens with two attached hydrogens (primary N) is 2. The number of nitrogens with one attached hydrogen (secondary N) is 1. The van der Waals surface area contributed by atoms with Crippen LogP contribution in [-0.2, 0) is 4.74 Å². The van der Waals surface area contributed by atoms with E-state index < -0.39 is 0 Å². The molecule has 4 nitrogen and oxygen atoms in total. The first-order valence-corrected chi connectivity index (χ1v) is 3.21. The minimum atomic E-state index is 0.735.